The summed E-state index contributed by atoms with van der Waals surface area (Å²) in [6, 6.07) is 0. The molecule has 0 N–H and O–H groups in total. The number of ether oxygens (including phenoxy) is 6. The molecule has 1 atom stereocenters. The van der Waals surface area contributed by atoms with E-state index >= 15 is 0 Å². The molecule has 25 heavy (non-hydrogen) atoms. The van der Waals surface area contributed by atoms with Crippen LogP contribution in [0.15, 0.2) is 0 Å². The van der Waals surface area contributed by atoms with Gasteiger partial charge >= 0.3 is 0 Å². The average Bonchev–Trinajstić information content (AvgIpc) is 2.56. The third kappa shape index (κ3) is 32.3. The van der Waals surface area contributed by atoms with Gasteiger partial charge in [-0.05, 0) is 18.9 Å². The minimum Gasteiger partial charge on any atom is -0.382 e. The van der Waals surface area contributed by atoms with Crippen LogP contribution in [0, 0.1) is 0 Å². The van der Waals surface area contributed by atoms with E-state index in [2.05, 4.69) is 6.92 Å². The number of methoxy groups -OCH3 is 2. The Morgan fingerprint density at radius 2 is 1.08 bits per heavy atom. The van der Waals surface area contributed by atoms with Crippen molar-refractivity contribution in [1.29, 1.82) is 0 Å². The van der Waals surface area contributed by atoms with Gasteiger partial charge in [0.25, 0.3) is 0 Å². The van der Waals surface area contributed by atoms with E-state index in [1.165, 1.54) is 0 Å². The molecule has 0 amide bonds. The second kappa shape index (κ2) is 31.8. The first-order valence-corrected chi connectivity index (χ1v) is 9.62. The normalized spacial score (nSPS) is 10.9. The summed E-state index contributed by atoms with van der Waals surface area (Å²) >= 11 is 1.75. The molecule has 0 aliphatic heterocycles. The molecule has 7 heteroatoms. The summed E-state index contributed by atoms with van der Waals surface area (Å²) in [6.45, 7) is 7.42. The van der Waals surface area contributed by atoms with Crippen molar-refractivity contribution < 1.29 is 28.4 Å². The molecule has 0 saturated heterocycles. The van der Waals surface area contributed by atoms with Crippen molar-refractivity contribution >= 4 is 11.8 Å². The summed E-state index contributed by atoms with van der Waals surface area (Å²) in [5, 5.41) is 0. The van der Waals surface area contributed by atoms with Crippen LogP contribution in [-0.2, 0) is 28.4 Å². The summed E-state index contributed by atoms with van der Waals surface area (Å²) in [7, 11) is 3.31. The molecule has 0 spiro atoms. The van der Waals surface area contributed by atoms with E-state index in [1.807, 2.05) is 12.5 Å². The zero-order chi connectivity index (χ0) is 17.6. The lowest BCUT2D eigenvalue weighted by Gasteiger charge is -2.16. The summed E-state index contributed by atoms with van der Waals surface area (Å²) in [6.07, 6.45) is 5.11. The van der Waals surface area contributed by atoms with E-state index in [4.69, 9.17) is 28.4 Å². The molecule has 6 nitrogen and oxygen atoms in total. The van der Waals surface area contributed by atoms with Crippen molar-refractivity contribution in [2.75, 3.05) is 86.2 Å². The quantitative estimate of drug-likeness (QED) is 0.376. The molecule has 0 saturated carbocycles. The maximum absolute atomic E-state index is 5.66. The van der Waals surface area contributed by atoms with Crippen LogP contribution in [0.3, 0.4) is 0 Å². The highest BCUT2D eigenvalue weighted by Crippen LogP contribution is 1.99. The Kier molecular flexibility index (Phi) is 41.7. The van der Waals surface area contributed by atoms with Crippen molar-refractivity contribution in [3.8, 4) is 0 Å². The van der Waals surface area contributed by atoms with Crippen LogP contribution in [0.2, 0.25) is 0 Å². The van der Waals surface area contributed by atoms with Crippen LogP contribution in [0.4, 0.5) is 0 Å². The third-order valence-corrected chi connectivity index (χ3v) is 2.58. The van der Waals surface area contributed by atoms with E-state index in [0.29, 0.717) is 59.5 Å². The number of hydrogen-bond acceptors (Lipinski definition) is 7. The van der Waals surface area contributed by atoms with Crippen molar-refractivity contribution in [1.82, 2.24) is 0 Å². The third-order valence-electron chi connectivity index (χ3n) is 2.58. The van der Waals surface area contributed by atoms with Crippen molar-refractivity contribution in [3.63, 3.8) is 0 Å². The van der Waals surface area contributed by atoms with Gasteiger partial charge in [-0.2, -0.15) is 11.8 Å². The smallest absolute Gasteiger partial charge is 0.0807 e. The van der Waals surface area contributed by atoms with Gasteiger partial charge in [-0.25, -0.2) is 0 Å². The fourth-order valence-electron chi connectivity index (χ4n) is 1.38. The molecule has 0 aliphatic carbocycles. The van der Waals surface area contributed by atoms with Crippen LogP contribution in [0.25, 0.3) is 0 Å². The first-order valence-electron chi connectivity index (χ1n) is 7.99. The zero-order valence-corrected chi connectivity index (χ0v) is 16.3. The molecule has 0 aromatic rings. The largest absolute Gasteiger partial charge is 0.382 e. The van der Waals surface area contributed by atoms with Gasteiger partial charge in [0.1, 0.15) is 0 Å². The Balaban J connectivity index is -0.000000409. The molecule has 158 valence electrons. The average molecular weight is 389 g/mol. The first-order chi connectivity index (χ1) is 11.3. The first kappa shape index (κ1) is 32.8. The van der Waals surface area contributed by atoms with Crippen LogP contribution >= 0.6 is 11.8 Å². The Hall–Kier alpha value is 0.110. The number of hydrogen-bond donors (Lipinski definition) is 0. The summed E-state index contributed by atoms with van der Waals surface area (Å²) < 4.78 is 31.6. The molecule has 0 fully saturated rings. The number of thioether (sulfide) groups is 1. The van der Waals surface area contributed by atoms with Gasteiger partial charge in [-0.1, -0.05) is 21.8 Å². The van der Waals surface area contributed by atoms with Crippen LogP contribution in [-0.4, -0.2) is 92.3 Å². The van der Waals surface area contributed by atoms with Gasteiger partial charge < -0.3 is 28.4 Å². The van der Waals surface area contributed by atoms with Gasteiger partial charge in [-0.3, -0.25) is 0 Å². The van der Waals surface area contributed by atoms with Gasteiger partial charge in [0.05, 0.1) is 65.6 Å². The fourth-order valence-corrected chi connectivity index (χ4v) is 1.38. The van der Waals surface area contributed by atoms with E-state index in [1.54, 1.807) is 26.0 Å². The Bertz CT molecular complexity index is 198. The molecule has 0 radical (unpaired) electrons. The van der Waals surface area contributed by atoms with Gasteiger partial charge in [0.2, 0.25) is 0 Å². The molecule has 1 unspecified atom stereocenters. The zero-order valence-electron chi connectivity index (χ0n) is 15.5. The van der Waals surface area contributed by atoms with Crippen LogP contribution in [0.5, 0.6) is 0 Å². The van der Waals surface area contributed by atoms with Gasteiger partial charge in [-0.15, -0.1) is 0 Å². The lowest BCUT2D eigenvalue weighted by atomic mass is 10.3. The van der Waals surface area contributed by atoms with Crippen molar-refractivity contribution in [3.05, 3.63) is 0 Å². The predicted octanol–water partition coefficient (Wildman–Crippen LogP) is 3.38. The molecule has 0 bridgehead atoms. The Morgan fingerprint density at radius 1 is 0.680 bits per heavy atom. The van der Waals surface area contributed by atoms with Gasteiger partial charge in [0.15, 0.2) is 0 Å². The molecular formula is C18H44O6S. The van der Waals surface area contributed by atoms with Gasteiger partial charge in [0, 0.05) is 14.2 Å². The second-order valence-corrected chi connectivity index (χ2v) is 5.41. The molecular weight excluding hydrogens is 344 g/mol. The predicted molar refractivity (Wildman–Crippen MR) is 109 cm³/mol. The van der Waals surface area contributed by atoms with E-state index in [-0.39, 0.29) is 21.0 Å². The highest BCUT2D eigenvalue weighted by atomic mass is 32.2. The topological polar surface area (TPSA) is 55.4 Å². The SMILES string of the molecule is C.C.CCC(COCCOCCOC)OCCOCCOC.CSC. The summed E-state index contributed by atoms with van der Waals surface area (Å²) in [4.78, 5) is 0. The molecule has 0 aromatic heterocycles. The summed E-state index contributed by atoms with van der Waals surface area (Å²) in [5.41, 5.74) is 0. The van der Waals surface area contributed by atoms with Crippen molar-refractivity contribution in [2.45, 2.75) is 34.3 Å². The fraction of sp³-hybridized carbons (Fsp3) is 1.00. The molecule has 0 aromatic carbocycles. The van der Waals surface area contributed by atoms with E-state index < -0.39 is 0 Å². The Labute approximate surface area is 161 Å². The van der Waals surface area contributed by atoms with Crippen molar-refractivity contribution in [2.24, 2.45) is 0 Å². The van der Waals surface area contributed by atoms with Crippen LogP contribution < -0.4 is 0 Å². The second-order valence-electron chi connectivity index (χ2n) is 4.59. The lowest BCUT2D eigenvalue weighted by molar-refractivity contribution is -0.0528. The Morgan fingerprint density at radius 3 is 1.52 bits per heavy atom. The summed E-state index contributed by atoms with van der Waals surface area (Å²) in [5.74, 6) is 0. The minimum atomic E-state index is 0. The maximum atomic E-state index is 5.66. The minimum absolute atomic E-state index is 0. The molecule has 0 rings (SSSR count). The van der Waals surface area contributed by atoms with E-state index in [9.17, 15) is 0 Å². The van der Waals surface area contributed by atoms with E-state index in [0.717, 1.165) is 6.42 Å². The lowest BCUT2D eigenvalue weighted by Crippen LogP contribution is -2.23. The molecule has 0 aliphatic rings. The maximum Gasteiger partial charge on any atom is 0.0807 e. The highest BCUT2D eigenvalue weighted by molar-refractivity contribution is 7.97. The monoisotopic (exact) mass is 388 g/mol. The number of rotatable bonds is 16. The standard InChI is InChI=1S/C14H30O6.C2H6S.2CH4/c1-4-14(20-12-11-18-8-6-16-3)13-19-10-9-17-7-5-15-2;1-3-2;;/h14H,4-13H2,1-3H3;1-2H3;2*1H4. The molecule has 0 heterocycles. The van der Waals surface area contributed by atoms with Crippen LogP contribution in [0.1, 0.15) is 28.2 Å². The highest BCUT2D eigenvalue weighted by Gasteiger charge is 2.06.